The van der Waals surface area contributed by atoms with Crippen molar-refractivity contribution in [2.75, 3.05) is 0 Å². The third-order valence-corrected chi connectivity index (χ3v) is 3.24. The molecule has 6 heteroatoms. The van der Waals surface area contributed by atoms with E-state index in [1.54, 1.807) is 23.5 Å². The van der Waals surface area contributed by atoms with Crippen LogP contribution in [0.2, 0.25) is 0 Å². The number of rotatable bonds is 3. The molecule has 92 valence electrons. The van der Waals surface area contributed by atoms with E-state index in [2.05, 4.69) is 9.72 Å². The third kappa shape index (κ3) is 2.06. The molecule has 1 aromatic carbocycles. The zero-order chi connectivity index (χ0) is 12.5. The van der Waals surface area contributed by atoms with Crippen molar-refractivity contribution in [2.24, 2.45) is 0 Å². The second-order valence-electron chi connectivity index (χ2n) is 3.62. The van der Waals surface area contributed by atoms with Gasteiger partial charge in [-0.2, -0.15) is 8.78 Å². The number of hydrogen-bond donors (Lipinski definition) is 0. The average Bonchev–Trinajstić information content (AvgIpc) is 2.89. The van der Waals surface area contributed by atoms with Gasteiger partial charge in [-0.05, 0) is 24.3 Å². The number of alkyl halides is 2. The van der Waals surface area contributed by atoms with Crippen LogP contribution >= 0.6 is 11.3 Å². The molecule has 2 heterocycles. The fraction of sp³-hybridized carbons (Fsp3) is 0.0833. The van der Waals surface area contributed by atoms with Crippen LogP contribution in [0.4, 0.5) is 8.78 Å². The number of imidazole rings is 1. The van der Waals surface area contributed by atoms with Gasteiger partial charge >= 0.3 is 6.61 Å². The molecule has 0 aliphatic carbocycles. The smallest absolute Gasteiger partial charge is 0.387 e. The normalized spacial score (nSPS) is 11.3. The summed E-state index contributed by atoms with van der Waals surface area (Å²) in [7, 11) is 0. The third-order valence-electron chi connectivity index (χ3n) is 2.47. The van der Waals surface area contributed by atoms with E-state index in [9.17, 15) is 8.78 Å². The van der Waals surface area contributed by atoms with Gasteiger partial charge in [0.05, 0.1) is 5.69 Å². The van der Waals surface area contributed by atoms with Crippen molar-refractivity contribution in [3.63, 3.8) is 0 Å². The Morgan fingerprint density at radius 1 is 1.22 bits per heavy atom. The summed E-state index contributed by atoms with van der Waals surface area (Å²) in [6, 6.07) is 6.44. The second-order valence-corrected chi connectivity index (χ2v) is 4.49. The lowest BCUT2D eigenvalue weighted by molar-refractivity contribution is -0.0498. The molecule has 18 heavy (non-hydrogen) atoms. The zero-order valence-corrected chi connectivity index (χ0v) is 9.90. The quantitative estimate of drug-likeness (QED) is 0.723. The Morgan fingerprint density at radius 3 is 2.67 bits per heavy atom. The van der Waals surface area contributed by atoms with Gasteiger partial charge < -0.3 is 4.74 Å². The molecule has 0 aliphatic rings. The number of fused-ring (bicyclic) bond motifs is 1. The van der Waals surface area contributed by atoms with E-state index < -0.39 is 6.61 Å². The number of hydrogen-bond acceptors (Lipinski definition) is 3. The average molecular weight is 266 g/mol. The van der Waals surface area contributed by atoms with Gasteiger partial charge in [-0.1, -0.05) is 0 Å². The minimum Gasteiger partial charge on any atom is -0.435 e. The lowest BCUT2D eigenvalue weighted by Gasteiger charge is -2.04. The Morgan fingerprint density at radius 2 is 2.00 bits per heavy atom. The first kappa shape index (κ1) is 11.2. The Bertz CT molecular complexity index is 632. The van der Waals surface area contributed by atoms with Crippen molar-refractivity contribution in [1.29, 1.82) is 0 Å². The highest BCUT2D eigenvalue weighted by Gasteiger charge is 2.07. The largest absolute Gasteiger partial charge is 0.435 e. The van der Waals surface area contributed by atoms with E-state index in [1.807, 2.05) is 22.2 Å². The van der Waals surface area contributed by atoms with Crippen LogP contribution in [-0.2, 0) is 0 Å². The van der Waals surface area contributed by atoms with E-state index >= 15 is 0 Å². The molecule has 0 bridgehead atoms. The highest BCUT2D eigenvalue weighted by molar-refractivity contribution is 7.15. The molecule has 0 amide bonds. The van der Waals surface area contributed by atoms with Gasteiger partial charge in [0.25, 0.3) is 0 Å². The van der Waals surface area contributed by atoms with Gasteiger partial charge in [0, 0.05) is 23.3 Å². The minimum absolute atomic E-state index is 0.148. The standard InChI is InChI=1S/C12H8F2N2OS/c13-11(14)17-9-3-1-8(2-4-9)10-7-16-5-6-18-12(16)15-10/h1-7,11H. The van der Waals surface area contributed by atoms with Crippen molar-refractivity contribution in [1.82, 2.24) is 9.38 Å². The monoisotopic (exact) mass is 266 g/mol. The van der Waals surface area contributed by atoms with Crippen molar-refractivity contribution >= 4 is 16.3 Å². The van der Waals surface area contributed by atoms with Crippen molar-refractivity contribution in [3.8, 4) is 17.0 Å². The van der Waals surface area contributed by atoms with Crippen LogP contribution in [0.3, 0.4) is 0 Å². The number of benzene rings is 1. The van der Waals surface area contributed by atoms with Gasteiger partial charge in [0.1, 0.15) is 5.75 Å². The number of aromatic nitrogens is 2. The number of thiazole rings is 1. The van der Waals surface area contributed by atoms with Gasteiger partial charge in [0.15, 0.2) is 4.96 Å². The molecule has 0 fully saturated rings. The molecular formula is C12H8F2N2OS. The summed E-state index contributed by atoms with van der Waals surface area (Å²) in [6.07, 6.45) is 3.82. The Labute approximate surface area is 105 Å². The first-order valence-electron chi connectivity index (χ1n) is 5.20. The summed E-state index contributed by atoms with van der Waals surface area (Å²) in [5, 5.41) is 1.95. The van der Waals surface area contributed by atoms with E-state index in [-0.39, 0.29) is 5.75 Å². The summed E-state index contributed by atoms with van der Waals surface area (Å²) in [5.41, 5.74) is 1.68. The van der Waals surface area contributed by atoms with E-state index in [0.29, 0.717) is 0 Å². The summed E-state index contributed by atoms with van der Waals surface area (Å²) >= 11 is 1.54. The molecule has 2 aromatic heterocycles. The topological polar surface area (TPSA) is 26.5 Å². The van der Waals surface area contributed by atoms with Crippen LogP contribution in [0.1, 0.15) is 0 Å². The summed E-state index contributed by atoms with van der Waals surface area (Å²) in [4.78, 5) is 5.33. The maximum Gasteiger partial charge on any atom is 0.387 e. The molecule has 0 unspecified atom stereocenters. The van der Waals surface area contributed by atoms with Crippen LogP contribution in [0.25, 0.3) is 16.2 Å². The van der Waals surface area contributed by atoms with E-state index in [4.69, 9.17) is 0 Å². The van der Waals surface area contributed by atoms with E-state index in [1.165, 1.54) is 12.1 Å². The van der Waals surface area contributed by atoms with Crippen molar-refractivity contribution in [3.05, 3.63) is 42.0 Å². The highest BCUT2D eigenvalue weighted by atomic mass is 32.1. The molecule has 0 atom stereocenters. The molecule has 3 nitrogen and oxygen atoms in total. The first-order chi connectivity index (χ1) is 8.72. The van der Waals surface area contributed by atoms with Gasteiger partial charge in [-0.3, -0.25) is 4.40 Å². The highest BCUT2D eigenvalue weighted by Crippen LogP contribution is 2.24. The predicted octanol–water partition coefficient (Wildman–Crippen LogP) is 3.66. The van der Waals surface area contributed by atoms with Crippen LogP contribution in [-0.4, -0.2) is 16.0 Å². The molecule has 0 aliphatic heterocycles. The van der Waals surface area contributed by atoms with Crippen LogP contribution in [0.15, 0.2) is 42.0 Å². The summed E-state index contributed by atoms with van der Waals surface area (Å²) < 4.78 is 30.2. The Balaban J connectivity index is 1.90. The number of nitrogens with zero attached hydrogens (tertiary/aromatic N) is 2. The van der Waals surface area contributed by atoms with E-state index in [0.717, 1.165) is 16.2 Å². The molecule has 0 saturated carbocycles. The molecule has 0 radical (unpaired) electrons. The second kappa shape index (κ2) is 4.38. The van der Waals surface area contributed by atoms with Gasteiger partial charge in [-0.15, -0.1) is 11.3 Å². The molecule has 0 saturated heterocycles. The fourth-order valence-corrected chi connectivity index (χ4v) is 2.37. The molecule has 0 N–H and O–H groups in total. The lowest BCUT2D eigenvalue weighted by Crippen LogP contribution is -2.01. The summed E-state index contributed by atoms with van der Waals surface area (Å²) in [5.74, 6) is 0.148. The number of halogens is 2. The Hall–Kier alpha value is -1.95. The first-order valence-corrected chi connectivity index (χ1v) is 6.08. The van der Waals surface area contributed by atoms with Crippen LogP contribution in [0.5, 0.6) is 5.75 Å². The van der Waals surface area contributed by atoms with Crippen molar-refractivity contribution in [2.45, 2.75) is 6.61 Å². The zero-order valence-electron chi connectivity index (χ0n) is 9.09. The lowest BCUT2D eigenvalue weighted by atomic mass is 10.2. The minimum atomic E-state index is -2.80. The maximum absolute atomic E-state index is 12.0. The SMILES string of the molecule is FC(F)Oc1ccc(-c2cn3ccsc3n2)cc1. The fourth-order valence-electron chi connectivity index (χ4n) is 1.67. The maximum atomic E-state index is 12.0. The molecule has 0 spiro atoms. The predicted molar refractivity (Wildman–Crippen MR) is 65.1 cm³/mol. The van der Waals surface area contributed by atoms with Gasteiger partial charge in [-0.25, -0.2) is 4.98 Å². The molecule has 3 aromatic rings. The summed E-state index contributed by atoms with van der Waals surface area (Å²) in [6.45, 7) is -2.80. The van der Waals surface area contributed by atoms with Gasteiger partial charge in [0.2, 0.25) is 0 Å². The van der Waals surface area contributed by atoms with Crippen LogP contribution < -0.4 is 4.74 Å². The van der Waals surface area contributed by atoms with Crippen LogP contribution in [0, 0.1) is 0 Å². The molecular weight excluding hydrogens is 258 g/mol. The Kier molecular flexibility index (Phi) is 2.71. The van der Waals surface area contributed by atoms with Crippen molar-refractivity contribution < 1.29 is 13.5 Å². The molecule has 3 rings (SSSR count). The number of ether oxygens (including phenoxy) is 1.